The van der Waals surface area contributed by atoms with Crippen molar-refractivity contribution in [3.63, 3.8) is 0 Å². The van der Waals surface area contributed by atoms with E-state index in [2.05, 4.69) is 9.71 Å². The fraction of sp³-hybridized carbons (Fsp3) is 0. The largest absolute Gasteiger partial charge is 0.382 e. The van der Waals surface area contributed by atoms with E-state index < -0.39 is 11.3 Å². The number of nitrogen functional groups attached to an aromatic ring is 1. The zero-order valence-electron chi connectivity index (χ0n) is 5.52. The van der Waals surface area contributed by atoms with Crippen LogP contribution >= 0.6 is 0 Å². The minimum Gasteiger partial charge on any atom is -0.382 e. The van der Waals surface area contributed by atoms with Crippen LogP contribution in [-0.4, -0.2) is 13.7 Å². The summed E-state index contributed by atoms with van der Waals surface area (Å²) in [7, 11) is 0. The number of anilines is 2. The first-order valence-corrected chi connectivity index (χ1v) is 3.89. The maximum absolute atomic E-state index is 10.2. The second-order valence-electron chi connectivity index (χ2n) is 1.79. The molecule has 1 unspecified atom stereocenters. The van der Waals surface area contributed by atoms with Crippen molar-refractivity contribution in [1.82, 2.24) is 4.98 Å². The molecule has 0 radical (unpaired) electrons. The molecule has 4 N–H and O–H groups in total. The Bertz CT molecular complexity index is 278. The third-order valence-electron chi connectivity index (χ3n) is 1.04. The van der Waals surface area contributed by atoms with Gasteiger partial charge in [0.2, 0.25) is 0 Å². The van der Waals surface area contributed by atoms with Crippen molar-refractivity contribution >= 4 is 22.8 Å². The third kappa shape index (κ3) is 2.17. The Hall–Kier alpha value is -1.14. The molecule has 0 fully saturated rings. The van der Waals surface area contributed by atoms with Crippen LogP contribution in [0.2, 0.25) is 0 Å². The zero-order valence-corrected chi connectivity index (χ0v) is 6.34. The van der Waals surface area contributed by atoms with Crippen LogP contribution in [-0.2, 0) is 11.3 Å². The minimum absolute atomic E-state index is 0.204. The van der Waals surface area contributed by atoms with E-state index in [1.54, 1.807) is 12.1 Å². The van der Waals surface area contributed by atoms with E-state index in [-0.39, 0.29) is 5.82 Å². The lowest BCUT2D eigenvalue weighted by molar-refractivity contribution is 0.570. The Morgan fingerprint density at radius 3 is 3.00 bits per heavy atom. The molecule has 0 saturated carbocycles. The Kier molecular flexibility index (Phi) is 2.40. The molecule has 0 aliphatic rings. The highest BCUT2D eigenvalue weighted by atomic mass is 32.2. The summed E-state index contributed by atoms with van der Waals surface area (Å²) in [5.74, 6) is 0.204. The molecule has 0 bridgehead atoms. The molecule has 60 valence electrons. The number of hydrogen-bond donors (Lipinski definition) is 3. The number of hydrogen-bond acceptors (Lipinski definition) is 3. The molecule has 1 rings (SSSR count). The monoisotopic (exact) mass is 173 g/mol. The van der Waals surface area contributed by atoms with Crippen molar-refractivity contribution < 1.29 is 8.76 Å². The van der Waals surface area contributed by atoms with E-state index in [1.807, 2.05) is 0 Å². The van der Waals surface area contributed by atoms with Crippen molar-refractivity contribution in [1.29, 1.82) is 0 Å². The van der Waals surface area contributed by atoms with Gasteiger partial charge >= 0.3 is 0 Å². The molecule has 5 nitrogen and oxygen atoms in total. The van der Waals surface area contributed by atoms with Crippen LogP contribution in [0.1, 0.15) is 0 Å². The summed E-state index contributed by atoms with van der Waals surface area (Å²) in [4.78, 5) is 3.70. The molecule has 0 saturated heterocycles. The van der Waals surface area contributed by atoms with Gasteiger partial charge in [0.05, 0.1) is 5.69 Å². The maximum atomic E-state index is 10.2. The Morgan fingerprint density at radius 1 is 1.73 bits per heavy atom. The van der Waals surface area contributed by atoms with Gasteiger partial charge in [0.15, 0.2) is 0 Å². The number of nitrogens with zero attached hydrogens (tertiary/aromatic N) is 1. The average molecular weight is 173 g/mol. The van der Waals surface area contributed by atoms with Crippen LogP contribution in [0.3, 0.4) is 0 Å². The molecule has 11 heavy (non-hydrogen) atoms. The van der Waals surface area contributed by atoms with Gasteiger partial charge in [-0.1, -0.05) is 0 Å². The highest BCUT2D eigenvalue weighted by Crippen LogP contribution is 2.13. The summed E-state index contributed by atoms with van der Waals surface area (Å²) in [6, 6.07) is 3.18. The second-order valence-corrected chi connectivity index (χ2v) is 2.49. The third-order valence-corrected chi connectivity index (χ3v) is 1.43. The standard InChI is InChI=1S/C5H7N3O2S/c6-5-4(8-11(9)10)2-1-3-7-5/h1-3,8H,(H2,6,7)(H,9,10). The summed E-state index contributed by atoms with van der Waals surface area (Å²) in [6.07, 6.45) is 1.50. The number of nitrogens with one attached hydrogen (secondary N) is 1. The van der Waals surface area contributed by atoms with E-state index >= 15 is 0 Å². The zero-order chi connectivity index (χ0) is 8.27. The van der Waals surface area contributed by atoms with Gasteiger partial charge in [-0.3, -0.25) is 9.27 Å². The highest BCUT2D eigenvalue weighted by molar-refractivity contribution is 7.80. The van der Waals surface area contributed by atoms with Crippen LogP contribution < -0.4 is 10.5 Å². The van der Waals surface area contributed by atoms with E-state index in [0.717, 1.165) is 0 Å². The van der Waals surface area contributed by atoms with E-state index in [9.17, 15) is 4.21 Å². The molecule has 0 aliphatic heterocycles. The van der Waals surface area contributed by atoms with Crippen LogP contribution in [0.25, 0.3) is 0 Å². The smallest absolute Gasteiger partial charge is 0.259 e. The lowest BCUT2D eigenvalue weighted by atomic mass is 10.4. The predicted octanol–water partition coefficient (Wildman–Crippen LogP) is 0.212. The Balaban J connectivity index is 2.86. The summed E-state index contributed by atoms with van der Waals surface area (Å²) in [6.45, 7) is 0. The lowest BCUT2D eigenvalue weighted by Crippen LogP contribution is -2.05. The fourth-order valence-corrected chi connectivity index (χ4v) is 0.959. The summed E-state index contributed by atoms with van der Waals surface area (Å²) < 4.78 is 20.9. The molecule has 0 spiro atoms. The second kappa shape index (κ2) is 3.31. The normalized spacial score (nSPS) is 12.5. The van der Waals surface area contributed by atoms with Gasteiger partial charge in [0, 0.05) is 6.20 Å². The van der Waals surface area contributed by atoms with Gasteiger partial charge in [-0.25, -0.2) is 9.19 Å². The molecule has 0 aliphatic carbocycles. The van der Waals surface area contributed by atoms with Crippen LogP contribution in [0.4, 0.5) is 11.5 Å². The molecule has 6 heteroatoms. The summed E-state index contributed by atoms with van der Waals surface area (Å²) in [5, 5.41) is 0. The Labute approximate surface area is 66.1 Å². The first-order chi connectivity index (χ1) is 5.20. The van der Waals surface area contributed by atoms with Gasteiger partial charge in [0.25, 0.3) is 11.3 Å². The van der Waals surface area contributed by atoms with Crippen molar-refractivity contribution in [2.24, 2.45) is 0 Å². The molecular weight excluding hydrogens is 166 g/mol. The predicted molar refractivity (Wildman–Crippen MR) is 43.0 cm³/mol. The number of rotatable bonds is 2. The van der Waals surface area contributed by atoms with E-state index in [1.165, 1.54) is 6.20 Å². The first-order valence-electron chi connectivity index (χ1n) is 2.78. The SMILES string of the molecule is Nc1ncccc1NS(=O)O. The summed E-state index contributed by atoms with van der Waals surface area (Å²) in [5.41, 5.74) is 5.70. The van der Waals surface area contributed by atoms with E-state index in [4.69, 9.17) is 10.3 Å². The van der Waals surface area contributed by atoms with Gasteiger partial charge in [-0.05, 0) is 12.1 Å². The molecular formula is C5H7N3O2S. The minimum atomic E-state index is -2.10. The molecule has 1 atom stereocenters. The van der Waals surface area contributed by atoms with Gasteiger partial charge in [-0.15, -0.1) is 0 Å². The lowest BCUT2D eigenvalue weighted by Gasteiger charge is -2.01. The number of pyridine rings is 1. The molecule has 1 heterocycles. The topological polar surface area (TPSA) is 88.2 Å². The van der Waals surface area contributed by atoms with Crippen molar-refractivity contribution in [2.75, 3.05) is 10.5 Å². The van der Waals surface area contributed by atoms with Crippen molar-refractivity contribution in [3.05, 3.63) is 18.3 Å². The highest BCUT2D eigenvalue weighted by Gasteiger charge is 1.98. The van der Waals surface area contributed by atoms with Gasteiger partial charge < -0.3 is 5.73 Å². The van der Waals surface area contributed by atoms with Crippen LogP contribution in [0.15, 0.2) is 18.3 Å². The van der Waals surface area contributed by atoms with Crippen LogP contribution in [0, 0.1) is 0 Å². The molecule has 1 aromatic rings. The van der Waals surface area contributed by atoms with Crippen molar-refractivity contribution in [2.45, 2.75) is 0 Å². The fourth-order valence-electron chi connectivity index (χ4n) is 0.598. The Morgan fingerprint density at radius 2 is 2.45 bits per heavy atom. The molecule has 1 aromatic heterocycles. The molecule has 0 amide bonds. The van der Waals surface area contributed by atoms with E-state index in [0.29, 0.717) is 5.69 Å². The number of aromatic nitrogens is 1. The quantitative estimate of drug-likeness (QED) is 0.558. The van der Waals surface area contributed by atoms with Crippen LogP contribution in [0.5, 0.6) is 0 Å². The molecule has 0 aromatic carbocycles. The average Bonchev–Trinajstić information content (AvgIpc) is 1.93. The van der Waals surface area contributed by atoms with Crippen molar-refractivity contribution in [3.8, 4) is 0 Å². The van der Waals surface area contributed by atoms with Gasteiger partial charge in [-0.2, -0.15) is 0 Å². The van der Waals surface area contributed by atoms with Gasteiger partial charge in [0.1, 0.15) is 5.82 Å². The summed E-state index contributed by atoms with van der Waals surface area (Å²) >= 11 is -2.10. The number of nitrogens with two attached hydrogens (primary N) is 1. The maximum Gasteiger partial charge on any atom is 0.259 e. The first kappa shape index (κ1) is 7.96.